The molecule has 8 heteroatoms. The molecule has 1 atom stereocenters. The number of hydrogen-bond donors (Lipinski definition) is 2. The first kappa shape index (κ1) is 19.1. The van der Waals surface area contributed by atoms with E-state index < -0.39 is 0 Å². The molecule has 1 amide bonds. The van der Waals surface area contributed by atoms with Crippen LogP contribution in [-0.4, -0.2) is 53.2 Å². The third kappa shape index (κ3) is 4.10. The largest absolute Gasteiger partial charge is 0.379 e. The van der Waals surface area contributed by atoms with Gasteiger partial charge in [0.05, 0.1) is 19.3 Å². The molecule has 0 radical (unpaired) electrons. The number of aromatic amines is 1. The van der Waals surface area contributed by atoms with Crippen LogP contribution in [0.1, 0.15) is 21.4 Å². The molecule has 3 aromatic rings. The summed E-state index contributed by atoms with van der Waals surface area (Å²) in [5.74, 6) is -0.147. The molecule has 3 heterocycles. The molecule has 6 nitrogen and oxygen atoms in total. The number of ether oxygens (including phenoxy) is 1. The van der Waals surface area contributed by atoms with Gasteiger partial charge in [0.25, 0.3) is 5.91 Å². The van der Waals surface area contributed by atoms with Crippen molar-refractivity contribution in [1.29, 1.82) is 0 Å². The molecule has 1 aromatic carbocycles. The summed E-state index contributed by atoms with van der Waals surface area (Å²) in [6.07, 6.45) is 1.67. The lowest BCUT2D eigenvalue weighted by atomic mass is 10.2. The average molecular weight is 415 g/mol. The van der Waals surface area contributed by atoms with E-state index in [2.05, 4.69) is 26.6 Å². The smallest absolute Gasteiger partial charge is 0.269 e. The number of nitrogens with one attached hydrogen (secondary N) is 2. The molecule has 1 fully saturated rings. The standard InChI is InChI=1S/C20H22N4O2S2/c25-19(17-14-22-20(27)24(17)15-5-2-1-3-6-15)21-13-16(18-7-4-12-28-18)23-8-10-26-11-9-23/h1-7,12,14,16H,8-11,13H2,(H,21,25)(H,22,27). The van der Waals surface area contributed by atoms with Gasteiger partial charge in [0.1, 0.15) is 5.69 Å². The Morgan fingerprint density at radius 2 is 2.00 bits per heavy atom. The van der Waals surface area contributed by atoms with Crippen molar-refractivity contribution in [1.82, 2.24) is 19.8 Å². The van der Waals surface area contributed by atoms with E-state index in [1.165, 1.54) is 4.88 Å². The van der Waals surface area contributed by atoms with Crippen molar-refractivity contribution in [3.8, 4) is 5.69 Å². The maximum Gasteiger partial charge on any atom is 0.269 e. The summed E-state index contributed by atoms with van der Waals surface area (Å²) >= 11 is 7.10. The SMILES string of the molecule is O=C(NCC(c1cccs1)N1CCOCC1)c1c[nH]c(=S)n1-c1ccccc1. The molecule has 2 N–H and O–H groups in total. The molecular weight excluding hydrogens is 392 g/mol. The zero-order valence-corrected chi connectivity index (χ0v) is 17.0. The van der Waals surface area contributed by atoms with Crippen LogP contribution >= 0.6 is 23.6 Å². The fraction of sp³-hybridized carbons (Fsp3) is 0.300. The number of rotatable bonds is 6. The summed E-state index contributed by atoms with van der Waals surface area (Å²) in [6.45, 7) is 3.71. The third-order valence-corrected chi connectivity index (χ3v) is 6.11. The molecule has 1 saturated heterocycles. The number of carbonyl (C=O) groups is 1. The minimum Gasteiger partial charge on any atom is -0.379 e. The van der Waals surface area contributed by atoms with Gasteiger partial charge in [-0.1, -0.05) is 24.3 Å². The summed E-state index contributed by atoms with van der Waals surface area (Å²) in [4.78, 5) is 19.6. The van der Waals surface area contributed by atoms with Crippen LogP contribution in [-0.2, 0) is 4.74 Å². The van der Waals surface area contributed by atoms with Crippen molar-refractivity contribution < 1.29 is 9.53 Å². The van der Waals surface area contributed by atoms with E-state index in [-0.39, 0.29) is 11.9 Å². The summed E-state index contributed by atoms with van der Waals surface area (Å²) in [5.41, 5.74) is 1.37. The molecule has 0 bridgehead atoms. The second-order valence-corrected chi connectivity index (χ2v) is 7.91. The van der Waals surface area contributed by atoms with E-state index in [1.54, 1.807) is 22.1 Å². The highest BCUT2D eigenvalue weighted by Gasteiger charge is 2.25. The number of benzene rings is 1. The summed E-state index contributed by atoms with van der Waals surface area (Å²) < 4.78 is 7.75. The maximum absolute atomic E-state index is 13.0. The van der Waals surface area contributed by atoms with E-state index in [4.69, 9.17) is 17.0 Å². The fourth-order valence-corrected chi connectivity index (χ4v) is 4.55. The third-order valence-electron chi connectivity index (χ3n) is 4.84. The molecule has 146 valence electrons. The lowest BCUT2D eigenvalue weighted by molar-refractivity contribution is 0.0169. The number of thiophene rings is 1. The predicted octanol–water partition coefficient (Wildman–Crippen LogP) is 3.40. The first-order valence-corrected chi connectivity index (χ1v) is 10.5. The van der Waals surface area contributed by atoms with Crippen LogP contribution in [0.15, 0.2) is 54.0 Å². The molecule has 0 aliphatic carbocycles. The second kappa shape index (κ2) is 8.83. The lowest BCUT2D eigenvalue weighted by Crippen LogP contribution is -2.43. The number of nitrogens with zero attached hydrogens (tertiary/aromatic N) is 2. The van der Waals surface area contributed by atoms with E-state index in [0.717, 1.165) is 32.0 Å². The van der Waals surface area contributed by atoms with Crippen LogP contribution in [0, 0.1) is 4.77 Å². The quantitative estimate of drug-likeness (QED) is 0.607. The molecule has 0 spiro atoms. The normalized spacial score (nSPS) is 16.0. The Hall–Kier alpha value is -2.26. The van der Waals surface area contributed by atoms with Gasteiger partial charge in [0, 0.05) is 36.4 Å². The topological polar surface area (TPSA) is 62.3 Å². The van der Waals surface area contributed by atoms with Gasteiger partial charge in [-0.3, -0.25) is 14.3 Å². The number of hydrogen-bond acceptors (Lipinski definition) is 5. The highest BCUT2D eigenvalue weighted by molar-refractivity contribution is 7.71. The van der Waals surface area contributed by atoms with Gasteiger partial charge in [0.2, 0.25) is 0 Å². The molecule has 1 unspecified atom stereocenters. The Labute approximate surface area is 172 Å². The van der Waals surface area contributed by atoms with E-state index in [9.17, 15) is 4.79 Å². The Balaban J connectivity index is 1.53. The zero-order valence-electron chi connectivity index (χ0n) is 15.3. The predicted molar refractivity (Wildman–Crippen MR) is 113 cm³/mol. The van der Waals surface area contributed by atoms with Crippen molar-refractivity contribution in [2.75, 3.05) is 32.8 Å². The van der Waals surface area contributed by atoms with Gasteiger partial charge in [0.15, 0.2) is 4.77 Å². The Morgan fingerprint density at radius 3 is 2.71 bits per heavy atom. The van der Waals surface area contributed by atoms with Crippen LogP contribution < -0.4 is 5.32 Å². The van der Waals surface area contributed by atoms with Crippen molar-refractivity contribution in [2.45, 2.75) is 6.04 Å². The fourth-order valence-electron chi connectivity index (χ4n) is 3.43. The van der Waals surface area contributed by atoms with E-state index in [0.29, 0.717) is 17.0 Å². The number of amides is 1. The van der Waals surface area contributed by atoms with Gasteiger partial charge in [-0.2, -0.15) is 0 Å². The summed E-state index contributed by atoms with van der Waals surface area (Å²) in [7, 11) is 0. The summed E-state index contributed by atoms with van der Waals surface area (Å²) in [5, 5.41) is 5.18. The monoisotopic (exact) mass is 414 g/mol. The Kier molecular flexibility index (Phi) is 6.01. The van der Waals surface area contributed by atoms with Gasteiger partial charge < -0.3 is 15.0 Å². The molecule has 1 aliphatic rings. The summed E-state index contributed by atoms with van der Waals surface area (Å²) in [6, 6.07) is 14.0. The van der Waals surface area contributed by atoms with Gasteiger partial charge in [-0.15, -0.1) is 11.3 Å². The van der Waals surface area contributed by atoms with Crippen LogP contribution in [0.3, 0.4) is 0 Å². The molecule has 1 aliphatic heterocycles. The minimum absolute atomic E-state index is 0.139. The van der Waals surface area contributed by atoms with Crippen LogP contribution in [0.4, 0.5) is 0 Å². The van der Waals surface area contributed by atoms with Crippen molar-refractivity contribution in [3.63, 3.8) is 0 Å². The maximum atomic E-state index is 13.0. The van der Waals surface area contributed by atoms with Crippen molar-refractivity contribution in [2.24, 2.45) is 0 Å². The van der Waals surface area contributed by atoms with Crippen LogP contribution in [0.2, 0.25) is 0 Å². The van der Waals surface area contributed by atoms with E-state index >= 15 is 0 Å². The highest BCUT2D eigenvalue weighted by Crippen LogP contribution is 2.25. The first-order valence-electron chi connectivity index (χ1n) is 9.23. The van der Waals surface area contributed by atoms with E-state index in [1.807, 2.05) is 36.4 Å². The lowest BCUT2D eigenvalue weighted by Gasteiger charge is -2.34. The molecule has 0 saturated carbocycles. The van der Waals surface area contributed by atoms with Gasteiger partial charge >= 0.3 is 0 Å². The highest BCUT2D eigenvalue weighted by atomic mass is 32.1. The molecule has 2 aromatic heterocycles. The van der Waals surface area contributed by atoms with Crippen LogP contribution in [0.5, 0.6) is 0 Å². The Morgan fingerprint density at radius 1 is 1.21 bits per heavy atom. The number of imidazole rings is 1. The van der Waals surface area contributed by atoms with Crippen molar-refractivity contribution >= 4 is 29.5 Å². The minimum atomic E-state index is -0.147. The Bertz CT molecular complexity index is 960. The molecule has 28 heavy (non-hydrogen) atoms. The zero-order chi connectivity index (χ0) is 19.3. The first-order chi connectivity index (χ1) is 13.7. The number of para-hydroxylation sites is 1. The number of H-pyrrole nitrogens is 1. The molecular formula is C20H22N4O2S2. The van der Waals surface area contributed by atoms with Crippen LogP contribution in [0.25, 0.3) is 5.69 Å². The van der Waals surface area contributed by atoms with Crippen molar-refractivity contribution in [3.05, 3.63) is 69.4 Å². The van der Waals surface area contributed by atoms with Gasteiger partial charge in [-0.05, 0) is 35.8 Å². The number of carbonyl (C=O) groups excluding carboxylic acids is 1. The number of morpholine rings is 1. The second-order valence-electron chi connectivity index (χ2n) is 6.54. The average Bonchev–Trinajstić information content (AvgIpc) is 3.39. The number of aromatic nitrogens is 2. The molecule has 4 rings (SSSR count). The van der Waals surface area contributed by atoms with Gasteiger partial charge in [-0.25, -0.2) is 0 Å².